The van der Waals surface area contributed by atoms with Gasteiger partial charge in [-0.3, -0.25) is 4.98 Å². The van der Waals surface area contributed by atoms with Crippen LogP contribution in [0, 0.1) is 6.26 Å². The summed E-state index contributed by atoms with van der Waals surface area (Å²) in [4.78, 5) is 5.37. The number of fused-ring (bicyclic) bond motifs is 1. The van der Waals surface area contributed by atoms with Crippen LogP contribution in [0.25, 0.3) is 6.08 Å². The zero-order chi connectivity index (χ0) is 6.97. The summed E-state index contributed by atoms with van der Waals surface area (Å²) in [6, 6.07) is 2.05. The molecule has 0 spiro atoms. The SMILES string of the molecule is [CH2][SH]1C=Cc2cnccc21. The zero-order valence-corrected chi connectivity index (χ0v) is 6.38. The predicted octanol–water partition coefficient (Wildman–Crippen LogP) is 2.22. The molecule has 0 aromatic carbocycles. The first-order valence-corrected chi connectivity index (χ1v) is 4.69. The average Bonchev–Trinajstić information content (AvgIpc) is 2.34. The highest BCUT2D eigenvalue weighted by atomic mass is 32.2. The molecule has 2 heterocycles. The van der Waals surface area contributed by atoms with Gasteiger partial charge in [0.25, 0.3) is 0 Å². The maximum atomic E-state index is 4.03. The third-order valence-corrected chi connectivity index (χ3v) is 3.11. The van der Waals surface area contributed by atoms with E-state index in [-0.39, 0.29) is 10.9 Å². The third-order valence-electron chi connectivity index (χ3n) is 1.57. The van der Waals surface area contributed by atoms with Crippen LogP contribution >= 0.6 is 10.9 Å². The summed E-state index contributed by atoms with van der Waals surface area (Å²) >= 11 is 0. The molecule has 2 heteroatoms. The summed E-state index contributed by atoms with van der Waals surface area (Å²) in [7, 11) is -0.251. The molecule has 1 aromatic rings. The molecule has 1 nitrogen and oxygen atoms in total. The van der Waals surface area contributed by atoms with Crippen molar-refractivity contribution < 1.29 is 0 Å². The van der Waals surface area contributed by atoms with E-state index in [4.69, 9.17) is 0 Å². The summed E-state index contributed by atoms with van der Waals surface area (Å²) in [6.07, 6.45) is 9.84. The lowest BCUT2D eigenvalue weighted by atomic mass is 10.3. The molecule has 10 heavy (non-hydrogen) atoms. The highest BCUT2D eigenvalue weighted by Crippen LogP contribution is 2.43. The summed E-state index contributed by atoms with van der Waals surface area (Å²) in [5, 5.41) is 2.15. The number of hydrogen-bond acceptors (Lipinski definition) is 1. The van der Waals surface area contributed by atoms with Gasteiger partial charge in [-0.1, -0.05) is 0 Å². The van der Waals surface area contributed by atoms with Crippen LogP contribution in [0.5, 0.6) is 0 Å². The van der Waals surface area contributed by atoms with Crippen LogP contribution in [0.2, 0.25) is 0 Å². The zero-order valence-electron chi connectivity index (χ0n) is 5.49. The number of hydrogen-bond donors (Lipinski definition) is 1. The monoisotopic (exact) mass is 150 g/mol. The molecule has 0 amide bonds. The van der Waals surface area contributed by atoms with Gasteiger partial charge in [0.2, 0.25) is 0 Å². The lowest BCUT2D eigenvalue weighted by Crippen LogP contribution is -1.77. The van der Waals surface area contributed by atoms with E-state index in [9.17, 15) is 0 Å². The number of thiol groups is 1. The summed E-state index contributed by atoms with van der Waals surface area (Å²) in [5.41, 5.74) is 1.24. The molecule has 0 saturated carbocycles. The topological polar surface area (TPSA) is 12.9 Å². The quantitative estimate of drug-likeness (QED) is 0.559. The molecule has 0 bridgehead atoms. The van der Waals surface area contributed by atoms with E-state index < -0.39 is 0 Å². The van der Waals surface area contributed by atoms with Gasteiger partial charge in [0.1, 0.15) is 0 Å². The van der Waals surface area contributed by atoms with Crippen molar-refractivity contribution in [2.24, 2.45) is 0 Å². The standard InChI is InChI=1S/C8H8NS/c1-10-5-3-7-6-9-4-2-8(7)10/h2-6,10H,1H2. The molecule has 0 saturated heterocycles. The predicted molar refractivity (Wildman–Crippen MR) is 45.9 cm³/mol. The second kappa shape index (κ2) is 2.13. The Morgan fingerprint density at radius 1 is 1.50 bits per heavy atom. The molecule has 0 fully saturated rings. The first kappa shape index (κ1) is 5.98. The van der Waals surface area contributed by atoms with Gasteiger partial charge in [-0.25, -0.2) is 10.9 Å². The Balaban J connectivity index is 2.59. The largest absolute Gasteiger partial charge is 0.264 e. The molecule has 1 unspecified atom stereocenters. The molecule has 1 atom stereocenters. The summed E-state index contributed by atoms with van der Waals surface area (Å²) in [5.74, 6) is 0. The van der Waals surface area contributed by atoms with E-state index in [0.29, 0.717) is 0 Å². The van der Waals surface area contributed by atoms with Gasteiger partial charge in [0.15, 0.2) is 0 Å². The Morgan fingerprint density at radius 3 is 3.20 bits per heavy atom. The minimum Gasteiger partial charge on any atom is -0.264 e. The Hall–Kier alpha value is -0.760. The van der Waals surface area contributed by atoms with E-state index >= 15 is 0 Å². The minimum atomic E-state index is -0.251. The van der Waals surface area contributed by atoms with Crippen molar-refractivity contribution in [2.75, 3.05) is 0 Å². The molecule has 0 aliphatic carbocycles. The molecule has 1 aliphatic heterocycles. The van der Waals surface area contributed by atoms with Gasteiger partial charge < -0.3 is 0 Å². The smallest absolute Gasteiger partial charge is 0.0351 e. The van der Waals surface area contributed by atoms with E-state index in [1.165, 1.54) is 10.5 Å². The summed E-state index contributed by atoms with van der Waals surface area (Å²) < 4.78 is 0. The van der Waals surface area contributed by atoms with E-state index in [1.807, 2.05) is 18.5 Å². The van der Waals surface area contributed by atoms with Crippen LogP contribution in [0.3, 0.4) is 0 Å². The van der Waals surface area contributed by atoms with Gasteiger partial charge in [0, 0.05) is 22.9 Å². The Morgan fingerprint density at radius 2 is 2.40 bits per heavy atom. The maximum Gasteiger partial charge on any atom is 0.0351 e. The van der Waals surface area contributed by atoms with Gasteiger partial charge in [-0.15, -0.1) is 0 Å². The molecular formula is C8H8NS. The fourth-order valence-electron chi connectivity index (χ4n) is 1.04. The van der Waals surface area contributed by atoms with Crippen LogP contribution in [-0.2, 0) is 0 Å². The van der Waals surface area contributed by atoms with Crippen LogP contribution in [0.1, 0.15) is 5.56 Å². The van der Waals surface area contributed by atoms with Crippen molar-refractivity contribution in [3.8, 4) is 0 Å². The normalized spacial score (nSPS) is 24.7. The van der Waals surface area contributed by atoms with Crippen molar-refractivity contribution in [1.82, 2.24) is 4.98 Å². The minimum absolute atomic E-state index is 0.251. The lowest BCUT2D eigenvalue weighted by Gasteiger charge is -2.05. The summed E-state index contributed by atoms with van der Waals surface area (Å²) in [6.45, 7) is 0. The van der Waals surface area contributed by atoms with E-state index in [2.05, 4.69) is 22.7 Å². The molecule has 1 aromatic heterocycles. The van der Waals surface area contributed by atoms with Crippen LogP contribution in [-0.4, -0.2) is 4.98 Å². The van der Waals surface area contributed by atoms with Gasteiger partial charge in [0.05, 0.1) is 0 Å². The number of rotatable bonds is 0. The van der Waals surface area contributed by atoms with Crippen LogP contribution in [0.4, 0.5) is 0 Å². The fourth-order valence-corrected chi connectivity index (χ4v) is 2.26. The van der Waals surface area contributed by atoms with Crippen LogP contribution < -0.4 is 0 Å². The van der Waals surface area contributed by atoms with E-state index in [0.717, 1.165) is 0 Å². The first-order chi connectivity index (χ1) is 4.88. The van der Waals surface area contributed by atoms with Gasteiger partial charge in [-0.2, -0.15) is 0 Å². The Kier molecular flexibility index (Phi) is 1.27. The molecule has 1 aliphatic rings. The highest BCUT2D eigenvalue weighted by molar-refractivity contribution is 8.21. The fraction of sp³-hybridized carbons (Fsp3) is 0. The highest BCUT2D eigenvalue weighted by Gasteiger charge is 2.07. The van der Waals surface area contributed by atoms with Crippen molar-refractivity contribution in [3.63, 3.8) is 0 Å². The lowest BCUT2D eigenvalue weighted by molar-refractivity contribution is 1.25. The Labute approximate surface area is 63.1 Å². The molecule has 1 radical (unpaired) electrons. The van der Waals surface area contributed by atoms with Crippen molar-refractivity contribution in [3.05, 3.63) is 35.7 Å². The number of aromatic nitrogens is 1. The van der Waals surface area contributed by atoms with Crippen molar-refractivity contribution in [2.45, 2.75) is 4.90 Å². The molecule has 0 N–H and O–H groups in total. The molecular weight excluding hydrogens is 142 g/mol. The van der Waals surface area contributed by atoms with Crippen molar-refractivity contribution in [1.29, 1.82) is 0 Å². The number of pyridine rings is 1. The molecule has 2 rings (SSSR count). The second-order valence-corrected chi connectivity index (χ2v) is 3.94. The average molecular weight is 150 g/mol. The van der Waals surface area contributed by atoms with Crippen molar-refractivity contribution >= 4 is 17.0 Å². The van der Waals surface area contributed by atoms with Crippen LogP contribution in [0.15, 0.2) is 28.8 Å². The van der Waals surface area contributed by atoms with Gasteiger partial charge in [-0.05, 0) is 23.8 Å². The number of nitrogens with zero attached hydrogens (tertiary/aromatic N) is 1. The Bertz CT molecular complexity index is 280. The molecule has 51 valence electrons. The van der Waals surface area contributed by atoms with Gasteiger partial charge >= 0.3 is 0 Å². The van der Waals surface area contributed by atoms with E-state index in [1.54, 1.807) is 0 Å². The maximum absolute atomic E-state index is 4.03. The first-order valence-electron chi connectivity index (χ1n) is 3.10. The third kappa shape index (κ3) is 0.762. The second-order valence-electron chi connectivity index (χ2n) is 2.22.